The van der Waals surface area contributed by atoms with Gasteiger partial charge in [0.2, 0.25) is 5.13 Å². The fourth-order valence-electron chi connectivity index (χ4n) is 2.18. The van der Waals surface area contributed by atoms with Crippen molar-refractivity contribution in [3.8, 4) is 0 Å². The van der Waals surface area contributed by atoms with E-state index in [1.807, 2.05) is 19.2 Å². The minimum atomic E-state index is -0.271. The Morgan fingerprint density at radius 1 is 1.36 bits per heavy atom. The molecule has 0 saturated carbocycles. The number of nitrogens with zero attached hydrogens (tertiary/aromatic N) is 4. The van der Waals surface area contributed by atoms with E-state index in [0.29, 0.717) is 17.6 Å². The molecule has 2 aromatic rings. The maximum Gasteiger partial charge on any atom is 0.321 e. The summed E-state index contributed by atoms with van der Waals surface area (Å²) >= 11 is 1.44. The minimum Gasteiger partial charge on any atom is -0.333 e. The number of aromatic nitrogens is 4. The quantitative estimate of drug-likeness (QED) is 0.821. The number of nitrogens with one attached hydrogen (secondary N) is 2. The molecule has 2 aromatic heterocycles. The Kier molecular flexibility index (Phi) is 5.88. The summed E-state index contributed by atoms with van der Waals surface area (Å²) in [5.41, 5.74) is 0. The van der Waals surface area contributed by atoms with Gasteiger partial charge in [0.25, 0.3) is 0 Å². The van der Waals surface area contributed by atoms with Gasteiger partial charge in [-0.25, -0.2) is 4.79 Å². The molecule has 0 aliphatic heterocycles. The van der Waals surface area contributed by atoms with Crippen molar-refractivity contribution in [3.05, 3.63) is 23.5 Å². The zero-order chi connectivity index (χ0) is 15.9. The predicted octanol–water partition coefficient (Wildman–Crippen LogP) is 2.85. The van der Waals surface area contributed by atoms with Crippen LogP contribution in [0.1, 0.15) is 44.5 Å². The largest absolute Gasteiger partial charge is 0.333 e. The number of amides is 2. The third-order valence-electron chi connectivity index (χ3n) is 3.39. The van der Waals surface area contributed by atoms with E-state index < -0.39 is 0 Å². The summed E-state index contributed by atoms with van der Waals surface area (Å²) in [6.45, 7) is 6.81. The fraction of sp³-hybridized carbons (Fsp3) is 0.571. The fourth-order valence-corrected chi connectivity index (χ4v) is 3.18. The van der Waals surface area contributed by atoms with Crippen molar-refractivity contribution >= 4 is 22.5 Å². The van der Waals surface area contributed by atoms with Crippen molar-refractivity contribution in [3.63, 3.8) is 0 Å². The Bertz CT molecular complexity index is 578. The van der Waals surface area contributed by atoms with Crippen LogP contribution in [0.15, 0.2) is 18.5 Å². The Morgan fingerprint density at radius 3 is 2.77 bits per heavy atom. The standard InChI is InChI=1S/C14H22N6OS/c1-4-11(5-2)12-18-19-14(22-12)17-13(21)16-10(3)9-20-8-6-7-15-20/h6-8,10-11H,4-5,9H2,1-3H3,(H2,16,17,19,21)/t10-/m1/s1. The summed E-state index contributed by atoms with van der Waals surface area (Å²) in [6, 6.07) is 1.55. The lowest BCUT2D eigenvalue weighted by Gasteiger charge is -2.13. The Labute approximate surface area is 134 Å². The molecule has 0 saturated heterocycles. The maximum atomic E-state index is 12.0. The Balaban J connectivity index is 1.84. The van der Waals surface area contributed by atoms with Gasteiger partial charge in [-0.2, -0.15) is 5.10 Å². The van der Waals surface area contributed by atoms with Crippen LogP contribution in [0, 0.1) is 0 Å². The first-order valence-corrected chi connectivity index (χ1v) is 8.32. The minimum absolute atomic E-state index is 0.0358. The molecule has 8 heteroatoms. The average Bonchev–Trinajstić information content (AvgIpc) is 3.12. The van der Waals surface area contributed by atoms with Crippen molar-refractivity contribution in [2.75, 3.05) is 5.32 Å². The van der Waals surface area contributed by atoms with E-state index in [9.17, 15) is 4.79 Å². The van der Waals surface area contributed by atoms with Crippen LogP contribution in [-0.2, 0) is 6.54 Å². The van der Waals surface area contributed by atoms with Gasteiger partial charge in [-0.05, 0) is 25.8 Å². The van der Waals surface area contributed by atoms with Crippen LogP contribution in [0.4, 0.5) is 9.93 Å². The van der Waals surface area contributed by atoms with Gasteiger partial charge in [-0.15, -0.1) is 10.2 Å². The van der Waals surface area contributed by atoms with Gasteiger partial charge >= 0.3 is 6.03 Å². The van der Waals surface area contributed by atoms with E-state index in [1.54, 1.807) is 10.9 Å². The van der Waals surface area contributed by atoms with Gasteiger partial charge in [-0.3, -0.25) is 10.00 Å². The third-order valence-corrected chi connectivity index (χ3v) is 4.39. The molecule has 120 valence electrons. The summed E-state index contributed by atoms with van der Waals surface area (Å²) < 4.78 is 1.78. The van der Waals surface area contributed by atoms with Crippen LogP contribution in [0.2, 0.25) is 0 Å². The molecule has 22 heavy (non-hydrogen) atoms. The Morgan fingerprint density at radius 2 is 2.14 bits per heavy atom. The topological polar surface area (TPSA) is 84.7 Å². The summed E-state index contributed by atoms with van der Waals surface area (Å²) in [6.07, 6.45) is 5.63. The van der Waals surface area contributed by atoms with Crippen LogP contribution < -0.4 is 10.6 Å². The smallest absolute Gasteiger partial charge is 0.321 e. The number of anilines is 1. The van der Waals surface area contributed by atoms with E-state index in [1.165, 1.54) is 11.3 Å². The molecule has 0 radical (unpaired) electrons. The normalized spacial score (nSPS) is 12.4. The second kappa shape index (κ2) is 7.88. The van der Waals surface area contributed by atoms with Crippen LogP contribution in [-0.4, -0.2) is 32.1 Å². The van der Waals surface area contributed by atoms with E-state index in [4.69, 9.17) is 0 Å². The van der Waals surface area contributed by atoms with Crippen molar-refractivity contribution in [1.29, 1.82) is 0 Å². The highest BCUT2D eigenvalue weighted by molar-refractivity contribution is 7.15. The monoisotopic (exact) mass is 322 g/mol. The molecular weight excluding hydrogens is 300 g/mol. The van der Waals surface area contributed by atoms with Crippen molar-refractivity contribution < 1.29 is 4.79 Å². The lowest BCUT2D eigenvalue weighted by atomic mass is 10.1. The molecule has 1 atom stereocenters. The highest BCUT2D eigenvalue weighted by atomic mass is 32.1. The summed E-state index contributed by atoms with van der Waals surface area (Å²) in [7, 11) is 0. The lowest BCUT2D eigenvalue weighted by molar-refractivity contribution is 0.247. The number of rotatable bonds is 7. The van der Waals surface area contributed by atoms with E-state index >= 15 is 0 Å². The molecule has 0 unspecified atom stereocenters. The van der Waals surface area contributed by atoms with Gasteiger partial charge in [0, 0.05) is 24.4 Å². The zero-order valence-electron chi connectivity index (χ0n) is 13.1. The first-order valence-electron chi connectivity index (χ1n) is 7.50. The molecule has 0 aliphatic carbocycles. The molecule has 0 bridgehead atoms. The molecule has 2 heterocycles. The van der Waals surface area contributed by atoms with Gasteiger partial charge in [0.05, 0.1) is 6.54 Å². The van der Waals surface area contributed by atoms with E-state index in [-0.39, 0.29) is 12.1 Å². The molecule has 0 spiro atoms. The van der Waals surface area contributed by atoms with E-state index in [0.717, 1.165) is 17.8 Å². The molecule has 0 aliphatic rings. The van der Waals surface area contributed by atoms with Gasteiger partial charge in [0.1, 0.15) is 5.01 Å². The molecule has 7 nitrogen and oxygen atoms in total. The number of hydrogen-bond acceptors (Lipinski definition) is 5. The highest BCUT2D eigenvalue weighted by Gasteiger charge is 2.15. The molecule has 2 N–H and O–H groups in total. The number of carbonyl (C=O) groups excluding carboxylic acids is 1. The van der Waals surface area contributed by atoms with Gasteiger partial charge in [-0.1, -0.05) is 25.2 Å². The SMILES string of the molecule is CCC(CC)c1nnc(NC(=O)N[C@H](C)Cn2cccn2)s1. The first kappa shape index (κ1) is 16.4. The number of carbonyl (C=O) groups is 1. The van der Waals surface area contributed by atoms with Gasteiger partial charge in [0.15, 0.2) is 0 Å². The molecule has 2 rings (SSSR count). The molecule has 2 amide bonds. The maximum absolute atomic E-state index is 12.0. The molecule has 0 fully saturated rings. The van der Waals surface area contributed by atoms with Crippen LogP contribution in [0.5, 0.6) is 0 Å². The third kappa shape index (κ3) is 4.52. The lowest BCUT2D eigenvalue weighted by Crippen LogP contribution is -2.38. The zero-order valence-corrected chi connectivity index (χ0v) is 13.9. The summed E-state index contributed by atoms with van der Waals surface area (Å²) in [5, 5.41) is 19.4. The molecule has 0 aromatic carbocycles. The van der Waals surface area contributed by atoms with Crippen LogP contribution in [0.25, 0.3) is 0 Å². The van der Waals surface area contributed by atoms with E-state index in [2.05, 4.69) is 39.8 Å². The molecular formula is C14H22N6OS. The van der Waals surface area contributed by atoms with Crippen LogP contribution in [0.3, 0.4) is 0 Å². The van der Waals surface area contributed by atoms with Crippen molar-refractivity contribution in [2.24, 2.45) is 0 Å². The number of urea groups is 1. The second-order valence-electron chi connectivity index (χ2n) is 5.19. The van der Waals surface area contributed by atoms with Gasteiger partial charge < -0.3 is 5.32 Å². The van der Waals surface area contributed by atoms with Crippen molar-refractivity contribution in [2.45, 2.75) is 52.1 Å². The number of hydrogen-bond donors (Lipinski definition) is 2. The van der Waals surface area contributed by atoms with Crippen LogP contribution >= 0.6 is 11.3 Å². The van der Waals surface area contributed by atoms with Crippen molar-refractivity contribution in [1.82, 2.24) is 25.3 Å². The highest BCUT2D eigenvalue weighted by Crippen LogP contribution is 2.27. The summed E-state index contributed by atoms with van der Waals surface area (Å²) in [4.78, 5) is 12.0. The first-order chi connectivity index (χ1) is 10.6. The predicted molar refractivity (Wildman–Crippen MR) is 87.1 cm³/mol. The Hall–Kier alpha value is -1.96. The average molecular weight is 322 g/mol. The summed E-state index contributed by atoms with van der Waals surface area (Å²) in [5.74, 6) is 0.412. The second-order valence-corrected chi connectivity index (χ2v) is 6.20.